The van der Waals surface area contributed by atoms with Crippen molar-refractivity contribution in [1.29, 1.82) is 0 Å². The van der Waals surface area contributed by atoms with E-state index < -0.39 is 28.8 Å². The number of hydrogen-bond acceptors (Lipinski definition) is 2. The van der Waals surface area contributed by atoms with Crippen molar-refractivity contribution >= 4 is 17.5 Å². The maximum absolute atomic E-state index is 12.9. The van der Waals surface area contributed by atoms with Crippen molar-refractivity contribution in [1.82, 2.24) is 5.32 Å². The van der Waals surface area contributed by atoms with Crippen LogP contribution in [-0.2, 0) is 17.5 Å². The lowest BCUT2D eigenvalue weighted by Crippen LogP contribution is -2.37. The summed E-state index contributed by atoms with van der Waals surface area (Å²) < 4.78 is 44.1. The van der Waals surface area contributed by atoms with Crippen LogP contribution >= 0.6 is 11.6 Å². The number of hydrogen-bond donors (Lipinski definition) is 1. The van der Waals surface area contributed by atoms with Gasteiger partial charge in [0.15, 0.2) is 6.10 Å². The van der Waals surface area contributed by atoms with E-state index in [2.05, 4.69) is 5.32 Å². The van der Waals surface area contributed by atoms with E-state index in [1.807, 2.05) is 30.3 Å². The Morgan fingerprint density at radius 1 is 1.20 bits per heavy atom. The molecule has 0 aliphatic rings. The summed E-state index contributed by atoms with van der Waals surface area (Å²) >= 11 is 5.58. The molecule has 2 aromatic carbocycles. The van der Waals surface area contributed by atoms with Gasteiger partial charge in [0, 0.05) is 6.54 Å². The van der Waals surface area contributed by atoms with Crippen LogP contribution in [0.4, 0.5) is 13.2 Å². The molecule has 1 atom stereocenters. The molecule has 7 heteroatoms. The topological polar surface area (TPSA) is 38.3 Å². The first-order chi connectivity index (χ1) is 11.8. The Balaban J connectivity index is 2.05. The predicted octanol–water partition coefficient (Wildman–Crippen LogP) is 4.83. The first-order valence-corrected chi connectivity index (χ1v) is 8.04. The molecule has 0 saturated carbocycles. The second-order valence-corrected chi connectivity index (χ2v) is 5.76. The van der Waals surface area contributed by atoms with Gasteiger partial charge in [0.25, 0.3) is 5.91 Å². The average molecular weight is 372 g/mol. The summed E-state index contributed by atoms with van der Waals surface area (Å²) in [4.78, 5) is 12.2. The molecule has 0 aliphatic carbocycles. The van der Waals surface area contributed by atoms with Crippen molar-refractivity contribution in [3.63, 3.8) is 0 Å². The molecule has 1 N–H and O–H groups in total. The Morgan fingerprint density at radius 3 is 2.48 bits per heavy atom. The number of amides is 1. The quantitative estimate of drug-likeness (QED) is 0.789. The summed E-state index contributed by atoms with van der Waals surface area (Å²) in [6.45, 7) is 2.03. The highest BCUT2D eigenvalue weighted by molar-refractivity contribution is 6.31. The molecule has 3 nitrogen and oxygen atoms in total. The minimum absolute atomic E-state index is 0.0570. The summed E-state index contributed by atoms with van der Waals surface area (Å²) in [6, 6.07) is 12.5. The van der Waals surface area contributed by atoms with E-state index in [9.17, 15) is 18.0 Å². The van der Waals surface area contributed by atoms with Crippen molar-refractivity contribution in [3.05, 3.63) is 64.7 Å². The molecule has 0 aromatic heterocycles. The molecule has 0 bridgehead atoms. The van der Waals surface area contributed by atoms with Gasteiger partial charge in [0.1, 0.15) is 5.75 Å². The zero-order valence-electron chi connectivity index (χ0n) is 13.4. The van der Waals surface area contributed by atoms with Gasteiger partial charge in [0.05, 0.1) is 10.6 Å². The molecule has 2 aromatic rings. The second-order valence-electron chi connectivity index (χ2n) is 5.36. The molecule has 0 radical (unpaired) electrons. The Hall–Kier alpha value is -2.21. The van der Waals surface area contributed by atoms with Crippen molar-refractivity contribution < 1.29 is 22.7 Å². The van der Waals surface area contributed by atoms with Gasteiger partial charge in [-0.3, -0.25) is 4.79 Å². The van der Waals surface area contributed by atoms with Crippen LogP contribution in [0.3, 0.4) is 0 Å². The standard InChI is InChI=1S/C18H17ClF3NO2/c1-2-16(17(24)23-11-12-6-4-3-5-7-12)25-13-8-9-15(19)14(10-13)18(20,21)22/h3-10,16H,2,11H2,1H3,(H,23,24)/t16-/m0/s1. The zero-order chi connectivity index (χ0) is 18.4. The highest BCUT2D eigenvalue weighted by Gasteiger charge is 2.34. The lowest BCUT2D eigenvalue weighted by Gasteiger charge is -2.18. The van der Waals surface area contributed by atoms with E-state index in [0.717, 1.165) is 17.7 Å². The molecular weight excluding hydrogens is 355 g/mol. The minimum Gasteiger partial charge on any atom is -0.481 e. The van der Waals surface area contributed by atoms with Crippen LogP contribution in [0.15, 0.2) is 48.5 Å². The maximum Gasteiger partial charge on any atom is 0.417 e. The van der Waals surface area contributed by atoms with E-state index in [0.29, 0.717) is 13.0 Å². The number of halogens is 4. The number of ether oxygens (including phenoxy) is 1. The fourth-order valence-corrected chi connectivity index (χ4v) is 2.41. The van der Waals surface area contributed by atoms with E-state index in [1.165, 1.54) is 6.07 Å². The lowest BCUT2D eigenvalue weighted by atomic mass is 10.2. The van der Waals surface area contributed by atoms with Crippen LogP contribution in [0.25, 0.3) is 0 Å². The smallest absolute Gasteiger partial charge is 0.417 e. The Kier molecular flexibility index (Phi) is 6.31. The van der Waals surface area contributed by atoms with Crippen LogP contribution in [0.1, 0.15) is 24.5 Å². The third-order valence-electron chi connectivity index (χ3n) is 3.49. The molecule has 0 aliphatic heterocycles. The highest BCUT2D eigenvalue weighted by atomic mass is 35.5. The van der Waals surface area contributed by atoms with Crippen molar-refractivity contribution in [2.75, 3.05) is 0 Å². The molecule has 1 amide bonds. The molecule has 2 rings (SSSR count). The molecule has 0 spiro atoms. The number of nitrogens with one attached hydrogen (secondary N) is 1. The molecular formula is C18H17ClF3NO2. The molecule has 0 unspecified atom stereocenters. The van der Waals surface area contributed by atoms with Crippen LogP contribution in [0.5, 0.6) is 5.75 Å². The number of alkyl halides is 3. The first kappa shape index (κ1) is 19.1. The van der Waals surface area contributed by atoms with E-state index in [-0.39, 0.29) is 5.75 Å². The summed E-state index contributed by atoms with van der Waals surface area (Å²) in [5, 5.41) is 2.30. The Labute approximate surface area is 148 Å². The summed E-state index contributed by atoms with van der Waals surface area (Å²) in [5.41, 5.74) is -0.0808. The van der Waals surface area contributed by atoms with Crippen molar-refractivity contribution in [3.8, 4) is 5.75 Å². The fraction of sp³-hybridized carbons (Fsp3) is 0.278. The first-order valence-electron chi connectivity index (χ1n) is 7.66. The van der Waals surface area contributed by atoms with Crippen LogP contribution < -0.4 is 10.1 Å². The minimum atomic E-state index is -4.59. The molecule has 0 heterocycles. The van der Waals surface area contributed by atoms with Gasteiger partial charge in [-0.15, -0.1) is 0 Å². The van der Waals surface area contributed by atoms with Crippen molar-refractivity contribution in [2.24, 2.45) is 0 Å². The zero-order valence-corrected chi connectivity index (χ0v) is 14.2. The lowest BCUT2D eigenvalue weighted by molar-refractivity contribution is -0.137. The van der Waals surface area contributed by atoms with Gasteiger partial charge in [0.2, 0.25) is 0 Å². The van der Waals surface area contributed by atoms with E-state index in [1.54, 1.807) is 6.92 Å². The maximum atomic E-state index is 12.9. The predicted molar refractivity (Wildman–Crippen MR) is 89.4 cm³/mol. The van der Waals surface area contributed by atoms with E-state index >= 15 is 0 Å². The third kappa shape index (κ3) is 5.39. The van der Waals surface area contributed by atoms with Crippen LogP contribution in [0, 0.1) is 0 Å². The third-order valence-corrected chi connectivity index (χ3v) is 3.82. The highest BCUT2D eigenvalue weighted by Crippen LogP contribution is 2.37. The van der Waals surface area contributed by atoms with Gasteiger partial charge in [-0.1, -0.05) is 48.9 Å². The van der Waals surface area contributed by atoms with E-state index in [4.69, 9.17) is 16.3 Å². The number of benzene rings is 2. The molecule has 0 fully saturated rings. The van der Waals surface area contributed by atoms with Gasteiger partial charge in [-0.05, 0) is 30.2 Å². The van der Waals surface area contributed by atoms with Crippen LogP contribution in [0.2, 0.25) is 5.02 Å². The van der Waals surface area contributed by atoms with Gasteiger partial charge in [-0.25, -0.2) is 0 Å². The summed E-state index contributed by atoms with van der Waals surface area (Å²) in [7, 11) is 0. The Morgan fingerprint density at radius 2 is 1.88 bits per heavy atom. The second kappa shape index (κ2) is 8.25. The average Bonchev–Trinajstić information content (AvgIpc) is 2.58. The number of rotatable bonds is 6. The molecule has 134 valence electrons. The number of carbonyl (C=O) groups is 1. The Bertz CT molecular complexity index is 720. The largest absolute Gasteiger partial charge is 0.481 e. The van der Waals surface area contributed by atoms with Crippen molar-refractivity contribution in [2.45, 2.75) is 32.2 Å². The summed E-state index contributed by atoms with van der Waals surface area (Å²) in [5.74, 6) is -0.451. The fourth-order valence-electron chi connectivity index (χ4n) is 2.18. The normalized spacial score (nSPS) is 12.5. The molecule has 25 heavy (non-hydrogen) atoms. The number of carbonyl (C=O) groups excluding carboxylic acids is 1. The van der Waals surface area contributed by atoms with Crippen LogP contribution in [-0.4, -0.2) is 12.0 Å². The monoisotopic (exact) mass is 371 g/mol. The summed E-state index contributed by atoms with van der Waals surface area (Å²) in [6.07, 6.45) is -5.18. The van der Waals surface area contributed by atoms with Gasteiger partial charge >= 0.3 is 6.18 Å². The van der Waals surface area contributed by atoms with Gasteiger partial charge < -0.3 is 10.1 Å². The SMILES string of the molecule is CC[C@H](Oc1ccc(Cl)c(C(F)(F)F)c1)C(=O)NCc1ccccc1. The van der Waals surface area contributed by atoms with Gasteiger partial charge in [-0.2, -0.15) is 13.2 Å². The molecule has 0 saturated heterocycles.